The first-order valence-corrected chi connectivity index (χ1v) is 5.64. The van der Waals surface area contributed by atoms with Crippen molar-refractivity contribution in [3.05, 3.63) is 28.2 Å². The number of aliphatic hydroxyl groups is 1. The Morgan fingerprint density at radius 3 is 2.87 bits per heavy atom. The summed E-state index contributed by atoms with van der Waals surface area (Å²) in [5, 5.41) is 12.3. The lowest BCUT2D eigenvalue weighted by Gasteiger charge is -2.13. The van der Waals surface area contributed by atoms with E-state index in [0.29, 0.717) is 13.2 Å². The first kappa shape index (κ1) is 12.5. The van der Waals surface area contributed by atoms with Crippen LogP contribution in [0, 0.1) is 6.92 Å². The van der Waals surface area contributed by atoms with Gasteiger partial charge < -0.3 is 15.2 Å². The van der Waals surface area contributed by atoms with E-state index in [1.54, 1.807) is 7.05 Å². The van der Waals surface area contributed by atoms with Gasteiger partial charge in [0, 0.05) is 11.0 Å². The molecular weight excluding hydrogens is 258 g/mol. The molecule has 0 aliphatic rings. The van der Waals surface area contributed by atoms with Crippen molar-refractivity contribution >= 4 is 15.9 Å². The van der Waals surface area contributed by atoms with E-state index in [1.807, 2.05) is 25.1 Å². The molecular formula is C11H16BrNO2. The fourth-order valence-corrected chi connectivity index (χ4v) is 1.73. The van der Waals surface area contributed by atoms with Crippen LogP contribution in [0.4, 0.5) is 0 Å². The third kappa shape index (κ3) is 4.20. The fourth-order valence-electron chi connectivity index (χ4n) is 1.26. The quantitative estimate of drug-likeness (QED) is 0.859. The van der Waals surface area contributed by atoms with Gasteiger partial charge in [0.25, 0.3) is 0 Å². The minimum Gasteiger partial charge on any atom is -0.491 e. The zero-order valence-corrected chi connectivity index (χ0v) is 10.5. The maximum atomic E-state index is 9.46. The van der Waals surface area contributed by atoms with Crippen LogP contribution in [-0.4, -0.2) is 31.4 Å². The summed E-state index contributed by atoms with van der Waals surface area (Å²) in [5.41, 5.74) is 1.06. The average Bonchev–Trinajstić information content (AvgIpc) is 2.17. The molecule has 3 nitrogen and oxygen atoms in total. The smallest absolute Gasteiger partial charge is 0.122 e. The van der Waals surface area contributed by atoms with E-state index >= 15 is 0 Å². The van der Waals surface area contributed by atoms with E-state index in [1.165, 1.54) is 0 Å². The van der Waals surface area contributed by atoms with Gasteiger partial charge in [-0.2, -0.15) is 0 Å². The fraction of sp³-hybridized carbons (Fsp3) is 0.455. The number of nitrogens with one attached hydrogen (secondary N) is 1. The Balaban J connectivity index is 2.50. The zero-order chi connectivity index (χ0) is 11.3. The van der Waals surface area contributed by atoms with Crippen molar-refractivity contribution < 1.29 is 9.84 Å². The van der Waals surface area contributed by atoms with Crippen molar-refractivity contribution in [2.75, 3.05) is 20.2 Å². The van der Waals surface area contributed by atoms with E-state index < -0.39 is 6.10 Å². The van der Waals surface area contributed by atoms with Gasteiger partial charge in [-0.25, -0.2) is 0 Å². The number of benzene rings is 1. The number of halogens is 1. The molecule has 0 bridgehead atoms. The molecule has 0 aliphatic heterocycles. The zero-order valence-electron chi connectivity index (χ0n) is 8.96. The summed E-state index contributed by atoms with van der Waals surface area (Å²) in [6.45, 7) is 2.82. The lowest BCUT2D eigenvalue weighted by Crippen LogP contribution is -2.29. The largest absolute Gasteiger partial charge is 0.491 e. The van der Waals surface area contributed by atoms with Crippen LogP contribution in [0.5, 0.6) is 5.75 Å². The Kier molecular flexibility index (Phi) is 5.08. The summed E-state index contributed by atoms with van der Waals surface area (Å²) >= 11 is 3.39. The minimum atomic E-state index is -0.474. The Morgan fingerprint density at radius 1 is 1.53 bits per heavy atom. The molecule has 1 unspecified atom stereocenters. The maximum Gasteiger partial charge on any atom is 0.122 e. The Morgan fingerprint density at radius 2 is 2.27 bits per heavy atom. The van der Waals surface area contributed by atoms with Crippen molar-refractivity contribution in [2.45, 2.75) is 13.0 Å². The van der Waals surface area contributed by atoms with Crippen LogP contribution < -0.4 is 10.1 Å². The number of aryl methyl sites for hydroxylation is 1. The van der Waals surface area contributed by atoms with Crippen molar-refractivity contribution in [1.82, 2.24) is 5.32 Å². The molecule has 0 aromatic heterocycles. The van der Waals surface area contributed by atoms with Gasteiger partial charge in [0.1, 0.15) is 18.5 Å². The summed E-state index contributed by atoms with van der Waals surface area (Å²) in [6.07, 6.45) is -0.474. The van der Waals surface area contributed by atoms with Gasteiger partial charge in [-0.3, -0.25) is 0 Å². The van der Waals surface area contributed by atoms with E-state index in [-0.39, 0.29) is 0 Å². The highest BCUT2D eigenvalue weighted by Gasteiger charge is 2.05. The van der Waals surface area contributed by atoms with Gasteiger partial charge in [-0.15, -0.1) is 0 Å². The van der Waals surface area contributed by atoms with Crippen LogP contribution in [0.3, 0.4) is 0 Å². The monoisotopic (exact) mass is 273 g/mol. The molecule has 4 heteroatoms. The van der Waals surface area contributed by atoms with Gasteiger partial charge >= 0.3 is 0 Å². The molecule has 15 heavy (non-hydrogen) atoms. The van der Waals surface area contributed by atoms with Gasteiger partial charge in [0.05, 0.1) is 0 Å². The Hall–Kier alpha value is -0.580. The topological polar surface area (TPSA) is 41.5 Å². The Labute approximate surface area is 98.6 Å². The molecule has 1 aromatic carbocycles. The van der Waals surface area contributed by atoms with Crippen LogP contribution in [0.25, 0.3) is 0 Å². The number of rotatable bonds is 5. The summed E-state index contributed by atoms with van der Waals surface area (Å²) in [7, 11) is 1.80. The van der Waals surface area contributed by atoms with Gasteiger partial charge in [-0.05, 0) is 37.7 Å². The molecule has 1 aromatic rings. The molecule has 0 saturated heterocycles. The van der Waals surface area contributed by atoms with Crippen LogP contribution in [0.2, 0.25) is 0 Å². The van der Waals surface area contributed by atoms with E-state index in [0.717, 1.165) is 15.8 Å². The molecule has 84 valence electrons. The van der Waals surface area contributed by atoms with E-state index in [4.69, 9.17) is 4.74 Å². The molecule has 0 aliphatic carbocycles. The molecule has 0 spiro atoms. The number of hydrogen-bond donors (Lipinski definition) is 2. The third-order valence-corrected chi connectivity index (χ3v) is 2.50. The standard InChI is InChI=1S/C11H16BrNO2/c1-8-5-9(12)3-4-11(8)15-7-10(14)6-13-2/h3-5,10,13-14H,6-7H2,1-2H3. The lowest BCUT2D eigenvalue weighted by molar-refractivity contribution is 0.108. The van der Waals surface area contributed by atoms with Gasteiger partial charge in [0.2, 0.25) is 0 Å². The molecule has 1 atom stereocenters. The van der Waals surface area contributed by atoms with Crippen LogP contribution in [-0.2, 0) is 0 Å². The second kappa shape index (κ2) is 6.10. The average molecular weight is 274 g/mol. The molecule has 0 heterocycles. The molecule has 2 N–H and O–H groups in total. The van der Waals surface area contributed by atoms with Gasteiger partial charge in [-0.1, -0.05) is 15.9 Å². The van der Waals surface area contributed by atoms with Crippen molar-refractivity contribution in [3.8, 4) is 5.75 Å². The highest BCUT2D eigenvalue weighted by atomic mass is 79.9. The molecule has 0 amide bonds. The predicted octanol–water partition coefficient (Wildman–Crippen LogP) is 1.72. The number of aliphatic hydroxyl groups excluding tert-OH is 1. The first-order chi connectivity index (χ1) is 7.13. The van der Waals surface area contributed by atoms with E-state index in [9.17, 15) is 5.11 Å². The van der Waals surface area contributed by atoms with Gasteiger partial charge in [0.15, 0.2) is 0 Å². The second-order valence-electron chi connectivity index (χ2n) is 3.43. The molecule has 0 radical (unpaired) electrons. The van der Waals surface area contributed by atoms with Crippen molar-refractivity contribution in [2.24, 2.45) is 0 Å². The van der Waals surface area contributed by atoms with Crippen molar-refractivity contribution in [3.63, 3.8) is 0 Å². The normalized spacial score (nSPS) is 12.5. The predicted molar refractivity (Wildman–Crippen MR) is 64.3 cm³/mol. The lowest BCUT2D eigenvalue weighted by atomic mass is 10.2. The molecule has 1 rings (SSSR count). The SMILES string of the molecule is CNCC(O)COc1ccc(Br)cc1C. The highest BCUT2D eigenvalue weighted by Crippen LogP contribution is 2.22. The summed E-state index contributed by atoms with van der Waals surface area (Å²) < 4.78 is 6.53. The molecule has 0 fully saturated rings. The summed E-state index contributed by atoms with van der Waals surface area (Å²) in [5.74, 6) is 0.813. The Bertz CT molecular complexity index is 317. The van der Waals surface area contributed by atoms with Crippen LogP contribution >= 0.6 is 15.9 Å². The number of likely N-dealkylation sites (N-methyl/N-ethyl adjacent to an activating group) is 1. The van der Waals surface area contributed by atoms with Crippen molar-refractivity contribution in [1.29, 1.82) is 0 Å². The third-order valence-electron chi connectivity index (χ3n) is 2.01. The first-order valence-electron chi connectivity index (χ1n) is 4.85. The summed E-state index contributed by atoms with van der Waals surface area (Å²) in [6, 6.07) is 5.80. The summed E-state index contributed by atoms with van der Waals surface area (Å²) in [4.78, 5) is 0. The highest BCUT2D eigenvalue weighted by molar-refractivity contribution is 9.10. The second-order valence-corrected chi connectivity index (χ2v) is 4.35. The number of ether oxygens (including phenoxy) is 1. The van der Waals surface area contributed by atoms with Crippen LogP contribution in [0.15, 0.2) is 22.7 Å². The van der Waals surface area contributed by atoms with E-state index in [2.05, 4.69) is 21.2 Å². The van der Waals surface area contributed by atoms with Crippen LogP contribution in [0.1, 0.15) is 5.56 Å². The number of hydrogen-bond acceptors (Lipinski definition) is 3. The molecule has 0 saturated carbocycles. The maximum absolute atomic E-state index is 9.46. The minimum absolute atomic E-state index is 0.309.